The van der Waals surface area contributed by atoms with Gasteiger partial charge in [0, 0.05) is 30.5 Å². The van der Waals surface area contributed by atoms with Crippen molar-refractivity contribution in [2.24, 2.45) is 0 Å². The zero-order valence-corrected chi connectivity index (χ0v) is 14.9. The molecule has 1 aliphatic rings. The lowest BCUT2D eigenvalue weighted by Crippen LogP contribution is -2.25. The van der Waals surface area contributed by atoms with Crippen LogP contribution in [0.4, 0.5) is 5.69 Å². The maximum Gasteiger partial charge on any atom is 0.224 e. The molecule has 1 heterocycles. The first-order chi connectivity index (χ1) is 11.4. The maximum atomic E-state index is 12.2. The maximum absolute atomic E-state index is 12.2. The number of rotatable bonds is 6. The Hall–Kier alpha value is -1.56. The van der Waals surface area contributed by atoms with Crippen LogP contribution in [0.5, 0.6) is 0 Å². The van der Waals surface area contributed by atoms with Gasteiger partial charge >= 0.3 is 0 Å². The van der Waals surface area contributed by atoms with Crippen molar-refractivity contribution in [2.75, 3.05) is 11.9 Å². The fourth-order valence-corrected chi connectivity index (χ4v) is 2.46. The number of benzene rings is 1. The van der Waals surface area contributed by atoms with Gasteiger partial charge in [0.05, 0.1) is 11.6 Å². The smallest absolute Gasteiger partial charge is 0.224 e. The SMILES string of the molecule is O=C(CCC(=O)c1ccc2c(c1)CCC(=O)N2)NCC(Cl)=C(Cl)Cl. The molecular formula is C16H15Cl3N2O3. The molecule has 1 aromatic rings. The number of nitrogens with one attached hydrogen (secondary N) is 2. The molecule has 128 valence electrons. The van der Waals surface area contributed by atoms with Crippen molar-refractivity contribution in [3.63, 3.8) is 0 Å². The van der Waals surface area contributed by atoms with Gasteiger partial charge in [-0.15, -0.1) is 0 Å². The minimum atomic E-state index is -0.318. The number of Topliss-reactive ketones (excluding diaryl/α,β-unsaturated/α-hetero) is 1. The molecule has 5 nitrogen and oxygen atoms in total. The summed E-state index contributed by atoms with van der Waals surface area (Å²) < 4.78 is -0.103. The summed E-state index contributed by atoms with van der Waals surface area (Å²) in [5, 5.41) is 5.42. The van der Waals surface area contributed by atoms with E-state index in [0.29, 0.717) is 18.4 Å². The number of aryl methyl sites for hydroxylation is 1. The van der Waals surface area contributed by atoms with Crippen molar-refractivity contribution in [1.29, 1.82) is 0 Å². The lowest BCUT2D eigenvalue weighted by atomic mass is 9.97. The summed E-state index contributed by atoms with van der Waals surface area (Å²) in [6.07, 6.45) is 1.13. The number of hydrogen-bond acceptors (Lipinski definition) is 3. The zero-order valence-electron chi connectivity index (χ0n) is 12.6. The Morgan fingerprint density at radius 2 is 1.88 bits per heavy atom. The van der Waals surface area contributed by atoms with Crippen LogP contribution in [0.3, 0.4) is 0 Å². The van der Waals surface area contributed by atoms with Gasteiger partial charge in [-0.25, -0.2) is 0 Å². The molecule has 8 heteroatoms. The van der Waals surface area contributed by atoms with E-state index in [-0.39, 0.29) is 46.5 Å². The highest BCUT2D eigenvalue weighted by Gasteiger charge is 2.17. The largest absolute Gasteiger partial charge is 0.351 e. The van der Waals surface area contributed by atoms with Crippen molar-refractivity contribution in [1.82, 2.24) is 5.32 Å². The number of fused-ring (bicyclic) bond motifs is 1. The highest BCUT2D eigenvalue weighted by Crippen LogP contribution is 2.24. The highest BCUT2D eigenvalue weighted by atomic mass is 35.5. The number of ketones is 1. The summed E-state index contributed by atoms with van der Waals surface area (Å²) in [5.41, 5.74) is 2.19. The van der Waals surface area contributed by atoms with Crippen LogP contribution in [-0.4, -0.2) is 24.1 Å². The quantitative estimate of drug-likeness (QED) is 0.731. The first-order valence-electron chi connectivity index (χ1n) is 7.29. The Labute approximate surface area is 154 Å². The molecular weight excluding hydrogens is 375 g/mol. The van der Waals surface area contributed by atoms with Crippen LogP contribution in [0.25, 0.3) is 0 Å². The Balaban J connectivity index is 1.88. The van der Waals surface area contributed by atoms with Crippen LogP contribution >= 0.6 is 34.8 Å². The fraction of sp³-hybridized carbons (Fsp3) is 0.312. The molecule has 2 N–H and O–H groups in total. The first kappa shape index (κ1) is 18.8. The van der Waals surface area contributed by atoms with E-state index in [1.54, 1.807) is 18.2 Å². The number of carbonyl (C=O) groups excluding carboxylic acids is 3. The van der Waals surface area contributed by atoms with Crippen molar-refractivity contribution in [3.05, 3.63) is 38.8 Å². The molecule has 0 aliphatic carbocycles. The number of carbonyl (C=O) groups is 3. The van der Waals surface area contributed by atoms with Crippen molar-refractivity contribution in [3.8, 4) is 0 Å². The lowest BCUT2D eigenvalue weighted by Gasteiger charge is -2.17. The van der Waals surface area contributed by atoms with Crippen LogP contribution in [0.1, 0.15) is 35.2 Å². The van der Waals surface area contributed by atoms with Gasteiger partial charge in [0.1, 0.15) is 4.49 Å². The fourth-order valence-electron chi connectivity index (χ4n) is 2.26. The molecule has 0 saturated heterocycles. The molecule has 1 aromatic carbocycles. The first-order valence-corrected chi connectivity index (χ1v) is 8.42. The monoisotopic (exact) mass is 388 g/mol. The third kappa shape index (κ3) is 5.23. The second-order valence-electron chi connectivity index (χ2n) is 5.29. The van der Waals surface area contributed by atoms with Gasteiger partial charge in [-0.1, -0.05) is 34.8 Å². The highest BCUT2D eigenvalue weighted by molar-refractivity contribution is 6.59. The third-order valence-electron chi connectivity index (χ3n) is 3.55. The van der Waals surface area contributed by atoms with E-state index in [9.17, 15) is 14.4 Å². The Morgan fingerprint density at radius 3 is 2.58 bits per heavy atom. The standard InChI is InChI=1S/C16H15Cl3N2O3/c17-11(16(18)19)8-20-14(23)6-4-13(22)10-1-3-12-9(7-10)2-5-15(24)21-12/h1,3,7H,2,4-6,8H2,(H,20,23)(H,21,24). The van der Waals surface area contributed by atoms with Crippen molar-refractivity contribution >= 4 is 58.1 Å². The minimum absolute atomic E-state index is 0.0233. The second kappa shape index (κ2) is 8.51. The zero-order chi connectivity index (χ0) is 17.7. The van der Waals surface area contributed by atoms with E-state index >= 15 is 0 Å². The van der Waals surface area contributed by atoms with Crippen LogP contribution in [-0.2, 0) is 16.0 Å². The normalized spacial score (nSPS) is 12.9. The van der Waals surface area contributed by atoms with Gasteiger partial charge in [-0.3, -0.25) is 14.4 Å². The average Bonchev–Trinajstić information content (AvgIpc) is 2.56. The Kier molecular flexibility index (Phi) is 6.66. The van der Waals surface area contributed by atoms with Gasteiger partial charge in [0.2, 0.25) is 11.8 Å². The molecule has 2 amide bonds. The van der Waals surface area contributed by atoms with Gasteiger partial charge in [-0.2, -0.15) is 0 Å². The molecule has 0 fully saturated rings. The van der Waals surface area contributed by atoms with Gasteiger partial charge in [0.15, 0.2) is 5.78 Å². The lowest BCUT2D eigenvalue weighted by molar-refractivity contribution is -0.121. The molecule has 0 atom stereocenters. The second-order valence-corrected chi connectivity index (χ2v) is 6.69. The van der Waals surface area contributed by atoms with Gasteiger partial charge < -0.3 is 10.6 Å². The van der Waals surface area contributed by atoms with E-state index in [1.165, 1.54) is 0 Å². The molecule has 24 heavy (non-hydrogen) atoms. The number of halogens is 3. The predicted octanol–water partition coefficient (Wildman–Crippen LogP) is 3.54. The van der Waals surface area contributed by atoms with Crippen LogP contribution < -0.4 is 10.6 Å². The van der Waals surface area contributed by atoms with E-state index in [0.717, 1.165) is 11.3 Å². The van der Waals surface area contributed by atoms with Crippen LogP contribution in [0.2, 0.25) is 0 Å². The van der Waals surface area contributed by atoms with Gasteiger partial charge in [-0.05, 0) is 30.2 Å². The molecule has 0 radical (unpaired) electrons. The van der Waals surface area contributed by atoms with Crippen LogP contribution in [0.15, 0.2) is 27.7 Å². The number of anilines is 1. The summed E-state index contributed by atoms with van der Waals surface area (Å²) in [6, 6.07) is 5.13. The Morgan fingerprint density at radius 1 is 1.12 bits per heavy atom. The summed E-state index contributed by atoms with van der Waals surface area (Å²) >= 11 is 16.6. The summed E-state index contributed by atoms with van der Waals surface area (Å²) in [6.45, 7) is 0.0233. The molecule has 0 saturated carbocycles. The van der Waals surface area contributed by atoms with E-state index < -0.39 is 0 Å². The third-order valence-corrected chi connectivity index (χ3v) is 4.52. The van der Waals surface area contributed by atoms with E-state index in [2.05, 4.69) is 10.6 Å². The Bertz CT molecular complexity index is 713. The predicted molar refractivity (Wildman–Crippen MR) is 94.6 cm³/mol. The summed E-state index contributed by atoms with van der Waals surface area (Å²) in [7, 11) is 0. The summed E-state index contributed by atoms with van der Waals surface area (Å²) in [5.74, 6) is -0.480. The molecule has 0 aromatic heterocycles. The van der Waals surface area contributed by atoms with Crippen molar-refractivity contribution in [2.45, 2.75) is 25.7 Å². The minimum Gasteiger partial charge on any atom is -0.351 e. The van der Waals surface area contributed by atoms with E-state index in [4.69, 9.17) is 34.8 Å². The topological polar surface area (TPSA) is 75.3 Å². The molecule has 0 spiro atoms. The molecule has 0 unspecified atom stereocenters. The summed E-state index contributed by atoms with van der Waals surface area (Å²) in [4.78, 5) is 35.2. The van der Waals surface area contributed by atoms with Gasteiger partial charge in [0.25, 0.3) is 0 Å². The molecule has 0 bridgehead atoms. The molecule has 1 aliphatic heterocycles. The van der Waals surface area contributed by atoms with E-state index in [1.807, 2.05) is 0 Å². The number of amides is 2. The van der Waals surface area contributed by atoms with Crippen LogP contribution in [0, 0.1) is 0 Å². The average molecular weight is 390 g/mol. The molecule has 2 rings (SSSR count). The number of hydrogen-bond donors (Lipinski definition) is 2. The van der Waals surface area contributed by atoms with Crippen molar-refractivity contribution < 1.29 is 14.4 Å².